The molecule has 35 heavy (non-hydrogen) atoms. The molecule has 2 amide bonds. The molecule has 0 bridgehead atoms. The van der Waals surface area contributed by atoms with Gasteiger partial charge in [0.15, 0.2) is 0 Å². The number of alkyl halides is 3. The van der Waals surface area contributed by atoms with Gasteiger partial charge in [0.25, 0.3) is 5.91 Å². The molecular weight excluding hydrogens is 479 g/mol. The van der Waals surface area contributed by atoms with E-state index in [2.05, 4.69) is 4.74 Å². The number of carbonyl (C=O) groups is 2. The van der Waals surface area contributed by atoms with Crippen molar-refractivity contribution in [2.24, 2.45) is 0 Å². The second-order valence-corrected chi connectivity index (χ2v) is 8.10. The monoisotopic (exact) mass is 500 g/mol. The highest BCUT2D eigenvalue weighted by Gasteiger charge is 2.44. The molecule has 2 fully saturated rings. The Balaban J connectivity index is 1.42. The van der Waals surface area contributed by atoms with Gasteiger partial charge in [-0.05, 0) is 36.4 Å². The smallest absolute Gasteiger partial charge is 0.406 e. The molecule has 4 rings (SSSR count). The highest BCUT2D eigenvalue weighted by molar-refractivity contribution is 5.94. The molecule has 7 nitrogen and oxygen atoms in total. The van der Waals surface area contributed by atoms with Crippen LogP contribution >= 0.6 is 0 Å². The minimum Gasteiger partial charge on any atom is -0.406 e. The van der Waals surface area contributed by atoms with Crippen molar-refractivity contribution in [3.63, 3.8) is 0 Å². The van der Waals surface area contributed by atoms with E-state index in [-0.39, 0.29) is 50.5 Å². The number of ether oxygens (including phenoxy) is 3. The number of nitrogens with zero attached hydrogens (tertiary/aromatic N) is 2. The van der Waals surface area contributed by atoms with Gasteiger partial charge in [-0.3, -0.25) is 9.59 Å². The lowest BCUT2D eigenvalue weighted by molar-refractivity contribution is -0.284. The van der Waals surface area contributed by atoms with Crippen LogP contribution in [0, 0.1) is 11.6 Å². The summed E-state index contributed by atoms with van der Waals surface area (Å²) in [6.07, 6.45) is -5.33. The fourth-order valence-corrected chi connectivity index (χ4v) is 4.03. The maximum absolute atomic E-state index is 14.0. The molecule has 188 valence electrons. The highest BCUT2D eigenvalue weighted by atomic mass is 19.4. The van der Waals surface area contributed by atoms with Gasteiger partial charge < -0.3 is 24.0 Å². The molecule has 2 aromatic rings. The summed E-state index contributed by atoms with van der Waals surface area (Å²) >= 11 is 0. The fraction of sp³-hybridized carbons (Fsp3) is 0.391. The standard InChI is InChI=1S/C23H21F5N2O5/c24-18-2-1-3-19(25)17(18)12-20(31)29-8-10-33-22(13-29)14-30(9-11-34-22)21(32)15-4-6-16(7-5-15)35-23(26,27)28/h1-7H,8-14H2. The average Bonchev–Trinajstić information content (AvgIpc) is 2.80. The first-order chi connectivity index (χ1) is 16.6. The van der Waals surface area contributed by atoms with Crippen LogP contribution in [0.2, 0.25) is 0 Å². The maximum Gasteiger partial charge on any atom is 0.573 e. The molecule has 1 unspecified atom stereocenters. The predicted molar refractivity (Wildman–Crippen MR) is 110 cm³/mol. The molecule has 1 atom stereocenters. The Labute approximate surface area is 197 Å². The molecule has 1 spiro atoms. The summed E-state index contributed by atoms with van der Waals surface area (Å²) in [6.45, 7) is 0.421. The Kier molecular flexibility index (Phi) is 6.95. The van der Waals surface area contributed by atoms with E-state index in [0.29, 0.717) is 0 Å². The second-order valence-electron chi connectivity index (χ2n) is 8.10. The number of halogens is 5. The van der Waals surface area contributed by atoms with Crippen LogP contribution in [0.25, 0.3) is 0 Å². The first-order valence-corrected chi connectivity index (χ1v) is 10.7. The van der Waals surface area contributed by atoms with E-state index in [4.69, 9.17) is 9.47 Å². The molecule has 0 aliphatic carbocycles. The summed E-state index contributed by atoms with van der Waals surface area (Å²) in [5.74, 6) is -4.42. The lowest BCUT2D eigenvalue weighted by Gasteiger charge is -2.47. The minimum absolute atomic E-state index is 0.0511. The van der Waals surface area contributed by atoms with Crippen LogP contribution in [0.5, 0.6) is 5.75 Å². The minimum atomic E-state index is -4.85. The molecule has 0 radical (unpaired) electrons. The van der Waals surface area contributed by atoms with Crippen molar-refractivity contribution < 1.29 is 45.8 Å². The third kappa shape index (κ3) is 5.88. The van der Waals surface area contributed by atoms with E-state index in [1.165, 1.54) is 28.0 Å². The number of hydrogen-bond acceptors (Lipinski definition) is 5. The van der Waals surface area contributed by atoms with Gasteiger partial charge in [-0.1, -0.05) is 6.07 Å². The quantitative estimate of drug-likeness (QED) is 0.604. The van der Waals surface area contributed by atoms with Crippen molar-refractivity contribution in [2.75, 3.05) is 39.4 Å². The highest BCUT2D eigenvalue weighted by Crippen LogP contribution is 2.28. The molecule has 2 heterocycles. The van der Waals surface area contributed by atoms with Crippen LogP contribution in [-0.4, -0.2) is 73.2 Å². The van der Waals surface area contributed by atoms with Gasteiger partial charge in [-0.2, -0.15) is 0 Å². The third-order valence-corrected chi connectivity index (χ3v) is 5.68. The van der Waals surface area contributed by atoms with E-state index in [0.717, 1.165) is 24.3 Å². The summed E-state index contributed by atoms with van der Waals surface area (Å²) in [6, 6.07) is 7.86. The molecule has 0 N–H and O–H groups in total. The Morgan fingerprint density at radius 3 is 2.09 bits per heavy atom. The number of hydrogen-bond donors (Lipinski definition) is 0. The van der Waals surface area contributed by atoms with Gasteiger partial charge >= 0.3 is 6.36 Å². The Morgan fingerprint density at radius 2 is 1.49 bits per heavy atom. The molecule has 2 aromatic carbocycles. The predicted octanol–water partition coefficient (Wildman–Crippen LogP) is 3.13. The average molecular weight is 500 g/mol. The summed E-state index contributed by atoms with van der Waals surface area (Å²) in [5, 5.41) is 0. The van der Waals surface area contributed by atoms with Gasteiger partial charge in [0.2, 0.25) is 11.7 Å². The van der Waals surface area contributed by atoms with E-state index in [1.54, 1.807) is 0 Å². The summed E-state index contributed by atoms with van der Waals surface area (Å²) in [5.41, 5.74) is -0.201. The van der Waals surface area contributed by atoms with Crippen LogP contribution in [0.4, 0.5) is 22.0 Å². The number of rotatable bonds is 4. The fourth-order valence-electron chi connectivity index (χ4n) is 4.03. The Bertz CT molecular complexity index is 1070. The normalized spacial score (nSPS) is 20.7. The van der Waals surface area contributed by atoms with Crippen LogP contribution in [0.3, 0.4) is 0 Å². The van der Waals surface area contributed by atoms with Gasteiger partial charge in [0.1, 0.15) is 17.4 Å². The first kappa shape index (κ1) is 24.9. The molecule has 0 saturated carbocycles. The number of benzene rings is 2. The third-order valence-electron chi connectivity index (χ3n) is 5.68. The van der Waals surface area contributed by atoms with Crippen molar-refractivity contribution in [3.8, 4) is 5.75 Å². The molecule has 0 aromatic heterocycles. The number of carbonyl (C=O) groups excluding carboxylic acids is 2. The van der Waals surface area contributed by atoms with Gasteiger partial charge in [-0.15, -0.1) is 13.2 Å². The zero-order chi connectivity index (χ0) is 25.2. The Hall–Kier alpha value is -3.25. The van der Waals surface area contributed by atoms with Crippen LogP contribution in [0.1, 0.15) is 15.9 Å². The lowest BCUT2D eigenvalue weighted by Crippen LogP contribution is -2.63. The van der Waals surface area contributed by atoms with Crippen molar-refractivity contribution in [3.05, 3.63) is 65.2 Å². The van der Waals surface area contributed by atoms with E-state index in [9.17, 15) is 31.5 Å². The second kappa shape index (κ2) is 9.78. The lowest BCUT2D eigenvalue weighted by atomic mass is 10.1. The summed E-state index contributed by atoms with van der Waals surface area (Å²) in [7, 11) is 0. The zero-order valence-electron chi connectivity index (χ0n) is 18.3. The van der Waals surface area contributed by atoms with E-state index >= 15 is 0 Å². The van der Waals surface area contributed by atoms with Crippen LogP contribution < -0.4 is 4.74 Å². The molecular formula is C23H21F5N2O5. The molecule has 2 aliphatic heterocycles. The zero-order valence-corrected chi connectivity index (χ0v) is 18.3. The molecule has 12 heteroatoms. The van der Waals surface area contributed by atoms with Crippen molar-refractivity contribution >= 4 is 11.8 Å². The topological polar surface area (TPSA) is 68.3 Å². The summed E-state index contributed by atoms with van der Waals surface area (Å²) in [4.78, 5) is 28.5. The maximum atomic E-state index is 14.0. The first-order valence-electron chi connectivity index (χ1n) is 10.7. The molecule has 2 aliphatic rings. The van der Waals surface area contributed by atoms with E-state index in [1.807, 2.05) is 0 Å². The van der Waals surface area contributed by atoms with Crippen molar-refractivity contribution in [2.45, 2.75) is 18.6 Å². The Morgan fingerprint density at radius 1 is 0.914 bits per heavy atom. The van der Waals surface area contributed by atoms with Crippen molar-refractivity contribution in [1.82, 2.24) is 9.80 Å². The summed E-state index contributed by atoms with van der Waals surface area (Å²) < 4.78 is 80.3. The van der Waals surface area contributed by atoms with Crippen LogP contribution in [0.15, 0.2) is 42.5 Å². The van der Waals surface area contributed by atoms with Gasteiger partial charge in [0.05, 0.1) is 32.7 Å². The SMILES string of the molecule is O=C(Cc1c(F)cccc1F)N1CCOC2(C1)CN(C(=O)c1ccc(OC(F)(F)F)cc1)CCO2. The largest absolute Gasteiger partial charge is 0.573 e. The number of amides is 2. The van der Waals surface area contributed by atoms with Crippen LogP contribution in [-0.2, 0) is 20.7 Å². The number of morpholine rings is 2. The molecule has 2 saturated heterocycles. The van der Waals surface area contributed by atoms with Gasteiger partial charge in [0, 0.05) is 24.2 Å². The van der Waals surface area contributed by atoms with Crippen molar-refractivity contribution in [1.29, 1.82) is 0 Å². The van der Waals surface area contributed by atoms with Gasteiger partial charge in [-0.25, -0.2) is 8.78 Å². The van der Waals surface area contributed by atoms with E-state index < -0.39 is 47.8 Å².